The van der Waals surface area contributed by atoms with E-state index in [-0.39, 0.29) is 23.0 Å². The summed E-state index contributed by atoms with van der Waals surface area (Å²) in [6.07, 6.45) is 1.42. The van der Waals surface area contributed by atoms with Gasteiger partial charge >= 0.3 is 0 Å². The van der Waals surface area contributed by atoms with Gasteiger partial charge < -0.3 is 19.8 Å². The van der Waals surface area contributed by atoms with Crippen LogP contribution in [-0.4, -0.2) is 31.0 Å². The molecule has 0 saturated heterocycles. The van der Waals surface area contributed by atoms with Crippen LogP contribution in [0, 0.1) is 5.92 Å². The molecule has 1 heterocycles. The molecule has 0 spiro atoms. The Balaban J connectivity index is 1.80. The summed E-state index contributed by atoms with van der Waals surface area (Å²) >= 11 is 0. The monoisotopic (exact) mass is 386 g/mol. The van der Waals surface area contributed by atoms with Gasteiger partial charge in [0.1, 0.15) is 18.4 Å². The topological polar surface area (TPSA) is 80.6 Å². The maximum absolute atomic E-state index is 12.4. The number of carbonyl (C=O) groups excluding carboxylic acids is 2. The SMILES string of the molecule is CC(C)[C@H](NC(=O)c1ccco1)C(=O)NCCOc1ccc(C(C)(C)C)cc1. The standard InChI is InChI=1S/C22H30N2O4/c1-15(2)19(24-20(25)18-7-6-13-28-18)21(26)23-12-14-27-17-10-8-16(9-11-17)22(3,4)5/h6-11,13,15,19H,12,14H2,1-5H3,(H,23,26)(H,24,25)/t19-/m0/s1. The number of benzene rings is 1. The van der Waals surface area contributed by atoms with Crippen LogP contribution in [0.3, 0.4) is 0 Å². The van der Waals surface area contributed by atoms with Crippen LogP contribution in [0.25, 0.3) is 0 Å². The molecule has 1 atom stereocenters. The predicted octanol–water partition coefficient (Wildman–Crippen LogP) is 3.53. The molecule has 2 amide bonds. The molecule has 0 aliphatic rings. The lowest BCUT2D eigenvalue weighted by atomic mass is 9.87. The summed E-state index contributed by atoms with van der Waals surface area (Å²) < 4.78 is 10.8. The van der Waals surface area contributed by atoms with Gasteiger partial charge in [0.25, 0.3) is 5.91 Å². The van der Waals surface area contributed by atoms with Crippen molar-refractivity contribution in [1.29, 1.82) is 0 Å². The first-order valence-electron chi connectivity index (χ1n) is 9.54. The molecule has 2 rings (SSSR count). The van der Waals surface area contributed by atoms with Gasteiger partial charge in [0, 0.05) is 0 Å². The van der Waals surface area contributed by atoms with Crippen LogP contribution in [0.1, 0.15) is 50.7 Å². The number of rotatable bonds is 8. The molecule has 28 heavy (non-hydrogen) atoms. The Labute approximate surface area is 166 Å². The number of nitrogens with one attached hydrogen (secondary N) is 2. The summed E-state index contributed by atoms with van der Waals surface area (Å²) in [6, 6.07) is 10.5. The first-order chi connectivity index (χ1) is 13.2. The van der Waals surface area contributed by atoms with Gasteiger partial charge in [-0.3, -0.25) is 9.59 Å². The van der Waals surface area contributed by atoms with Gasteiger partial charge in [0.15, 0.2) is 5.76 Å². The van der Waals surface area contributed by atoms with E-state index >= 15 is 0 Å². The van der Waals surface area contributed by atoms with Crippen molar-refractivity contribution in [2.24, 2.45) is 5.92 Å². The average molecular weight is 386 g/mol. The van der Waals surface area contributed by atoms with Gasteiger partial charge in [-0.25, -0.2) is 0 Å². The molecule has 2 N–H and O–H groups in total. The number of amides is 2. The highest BCUT2D eigenvalue weighted by atomic mass is 16.5. The average Bonchev–Trinajstić information content (AvgIpc) is 3.17. The normalized spacial score (nSPS) is 12.5. The zero-order valence-corrected chi connectivity index (χ0v) is 17.2. The minimum atomic E-state index is -0.649. The maximum atomic E-state index is 12.4. The summed E-state index contributed by atoms with van der Waals surface area (Å²) in [4.78, 5) is 24.6. The molecule has 0 aliphatic heterocycles. The van der Waals surface area contributed by atoms with Crippen molar-refractivity contribution < 1.29 is 18.7 Å². The molecule has 152 valence electrons. The van der Waals surface area contributed by atoms with Crippen LogP contribution in [0.5, 0.6) is 5.75 Å². The molecule has 6 nitrogen and oxygen atoms in total. The van der Waals surface area contributed by atoms with Crippen LogP contribution < -0.4 is 15.4 Å². The third kappa shape index (κ3) is 6.15. The Morgan fingerprint density at radius 2 is 1.79 bits per heavy atom. The number of furan rings is 1. The zero-order valence-electron chi connectivity index (χ0n) is 17.2. The third-order valence-corrected chi connectivity index (χ3v) is 4.37. The van der Waals surface area contributed by atoms with Gasteiger partial charge in [0.2, 0.25) is 5.91 Å². The molecule has 1 aromatic carbocycles. The molecule has 0 unspecified atom stereocenters. The molecule has 1 aromatic heterocycles. The van der Waals surface area contributed by atoms with Crippen molar-refractivity contribution in [3.63, 3.8) is 0 Å². The number of ether oxygens (including phenoxy) is 1. The van der Waals surface area contributed by atoms with Crippen molar-refractivity contribution in [2.75, 3.05) is 13.2 Å². The molecular weight excluding hydrogens is 356 g/mol. The molecule has 0 saturated carbocycles. The summed E-state index contributed by atoms with van der Waals surface area (Å²) in [7, 11) is 0. The fourth-order valence-corrected chi connectivity index (χ4v) is 2.66. The van der Waals surface area contributed by atoms with E-state index in [1.54, 1.807) is 12.1 Å². The largest absolute Gasteiger partial charge is 0.492 e. The lowest BCUT2D eigenvalue weighted by molar-refractivity contribution is -0.124. The van der Waals surface area contributed by atoms with Crippen molar-refractivity contribution in [3.8, 4) is 5.75 Å². The maximum Gasteiger partial charge on any atom is 0.287 e. The Morgan fingerprint density at radius 1 is 1.11 bits per heavy atom. The second-order valence-electron chi connectivity index (χ2n) is 8.09. The first-order valence-corrected chi connectivity index (χ1v) is 9.54. The smallest absolute Gasteiger partial charge is 0.287 e. The van der Waals surface area contributed by atoms with E-state index in [1.165, 1.54) is 11.8 Å². The summed E-state index contributed by atoms with van der Waals surface area (Å²) in [5, 5.41) is 5.52. The Morgan fingerprint density at radius 3 is 2.32 bits per heavy atom. The van der Waals surface area contributed by atoms with Crippen LogP contribution in [0.4, 0.5) is 0 Å². The molecule has 6 heteroatoms. The van der Waals surface area contributed by atoms with E-state index in [1.807, 2.05) is 38.1 Å². The lowest BCUT2D eigenvalue weighted by Gasteiger charge is -2.21. The summed E-state index contributed by atoms with van der Waals surface area (Å²) in [5.74, 6) is 0.217. The van der Waals surface area contributed by atoms with Crippen molar-refractivity contribution >= 4 is 11.8 Å². The highest BCUT2D eigenvalue weighted by Gasteiger charge is 2.25. The molecule has 2 aromatic rings. The predicted molar refractivity (Wildman–Crippen MR) is 108 cm³/mol. The highest BCUT2D eigenvalue weighted by molar-refractivity contribution is 5.95. The van der Waals surface area contributed by atoms with Crippen LogP contribution >= 0.6 is 0 Å². The van der Waals surface area contributed by atoms with Gasteiger partial charge in [-0.05, 0) is 41.2 Å². The Kier molecular flexibility index (Phi) is 7.26. The molecule has 0 fully saturated rings. The van der Waals surface area contributed by atoms with E-state index in [0.717, 1.165) is 5.75 Å². The van der Waals surface area contributed by atoms with E-state index in [9.17, 15) is 9.59 Å². The molecule has 0 radical (unpaired) electrons. The fourth-order valence-electron chi connectivity index (χ4n) is 2.66. The van der Waals surface area contributed by atoms with Crippen LogP contribution in [0.2, 0.25) is 0 Å². The minimum absolute atomic E-state index is 0.0650. The fraction of sp³-hybridized carbons (Fsp3) is 0.455. The lowest BCUT2D eigenvalue weighted by Crippen LogP contribution is -2.50. The van der Waals surface area contributed by atoms with Crippen LogP contribution in [0.15, 0.2) is 47.1 Å². The van der Waals surface area contributed by atoms with Crippen molar-refractivity contribution in [3.05, 3.63) is 54.0 Å². The minimum Gasteiger partial charge on any atom is -0.492 e. The quantitative estimate of drug-likeness (QED) is 0.680. The molecule has 0 aliphatic carbocycles. The van der Waals surface area contributed by atoms with Gasteiger partial charge in [-0.15, -0.1) is 0 Å². The second kappa shape index (κ2) is 9.44. The highest BCUT2D eigenvalue weighted by Crippen LogP contribution is 2.24. The first kappa shape index (κ1) is 21.5. The van der Waals surface area contributed by atoms with E-state index in [2.05, 4.69) is 31.4 Å². The second-order valence-corrected chi connectivity index (χ2v) is 8.09. The summed E-state index contributed by atoms with van der Waals surface area (Å²) in [6.45, 7) is 10.9. The number of hydrogen-bond acceptors (Lipinski definition) is 4. The van der Waals surface area contributed by atoms with Gasteiger partial charge in [-0.2, -0.15) is 0 Å². The Bertz CT molecular complexity index is 759. The third-order valence-electron chi connectivity index (χ3n) is 4.37. The van der Waals surface area contributed by atoms with E-state index < -0.39 is 11.9 Å². The van der Waals surface area contributed by atoms with E-state index in [0.29, 0.717) is 13.2 Å². The van der Waals surface area contributed by atoms with Gasteiger partial charge in [0.05, 0.1) is 12.8 Å². The van der Waals surface area contributed by atoms with Crippen LogP contribution in [-0.2, 0) is 10.2 Å². The van der Waals surface area contributed by atoms with Gasteiger partial charge in [-0.1, -0.05) is 46.8 Å². The summed E-state index contributed by atoms with van der Waals surface area (Å²) in [5.41, 5.74) is 1.33. The number of carbonyl (C=O) groups is 2. The Hall–Kier alpha value is -2.76. The number of hydrogen-bond donors (Lipinski definition) is 2. The molecular formula is C22H30N2O4. The van der Waals surface area contributed by atoms with E-state index in [4.69, 9.17) is 9.15 Å². The van der Waals surface area contributed by atoms with Crippen molar-refractivity contribution in [2.45, 2.75) is 46.1 Å². The molecule has 0 bridgehead atoms. The van der Waals surface area contributed by atoms with Crippen molar-refractivity contribution in [1.82, 2.24) is 10.6 Å². The zero-order chi connectivity index (χ0) is 20.7.